The van der Waals surface area contributed by atoms with Crippen molar-refractivity contribution in [1.29, 1.82) is 0 Å². The molecule has 0 spiro atoms. The highest BCUT2D eigenvalue weighted by Gasteiger charge is 2.43. The van der Waals surface area contributed by atoms with E-state index in [1.54, 1.807) is 0 Å². The topological polar surface area (TPSA) is 51.2 Å². The number of benzene rings is 2. The molecule has 6 heteroatoms. The van der Waals surface area contributed by atoms with Gasteiger partial charge in [-0.2, -0.15) is 0 Å². The molecule has 1 aliphatic rings. The molecule has 0 aliphatic heterocycles. The lowest BCUT2D eigenvalue weighted by atomic mass is 9.78. The molecule has 1 N–H and O–H groups in total. The fourth-order valence-electron chi connectivity index (χ4n) is 3.83. The number of nitrogens with one attached hydrogen (secondary N) is 1. The third-order valence-electron chi connectivity index (χ3n) is 5.18. The van der Waals surface area contributed by atoms with Gasteiger partial charge in [0.2, 0.25) is 5.91 Å². The molecule has 2 aromatic carbocycles. The number of anilines is 1. The number of aromatic nitrogens is 1. The summed E-state index contributed by atoms with van der Waals surface area (Å²) in [6, 6.07) is 13.5. The predicted molar refractivity (Wildman–Crippen MR) is 111 cm³/mol. The van der Waals surface area contributed by atoms with E-state index in [1.807, 2.05) is 49.4 Å². The molecule has 1 saturated carbocycles. The zero-order chi connectivity index (χ0) is 18.9. The Bertz CT molecular complexity index is 962. The average molecular weight is 401 g/mol. The van der Waals surface area contributed by atoms with Crippen molar-refractivity contribution >= 4 is 44.2 Å². The van der Waals surface area contributed by atoms with Crippen LogP contribution in [0.3, 0.4) is 0 Å². The van der Waals surface area contributed by atoms with Crippen molar-refractivity contribution in [1.82, 2.24) is 4.98 Å². The van der Waals surface area contributed by atoms with E-state index < -0.39 is 5.41 Å². The fourth-order valence-corrected chi connectivity index (χ4v) is 4.84. The van der Waals surface area contributed by atoms with Gasteiger partial charge in [0.25, 0.3) is 0 Å². The van der Waals surface area contributed by atoms with Gasteiger partial charge >= 0.3 is 0 Å². The van der Waals surface area contributed by atoms with E-state index >= 15 is 0 Å². The summed E-state index contributed by atoms with van der Waals surface area (Å²) in [5.41, 5.74) is 1.39. The Hall–Kier alpha value is -2.11. The number of nitrogens with zero attached hydrogens (tertiary/aromatic N) is 1. The lowest BCUT2D eigenvalue weighted by molar-refractivity contribution is -0.121. The number of carbonyl (C=O) groups excluding carboxylic acids is 1. The predicted octanol–water partition coefficient (Wildman–Crippen LogP) is 5.80. The van der Waals surface area contributed by atoms with Crippen LogP contribution in [-0.2, 0) is 10.2 Å². The molecule has 3 aromatic rings. The molecule has 4 nitrogen and oxygen atoms in total. The zero-order valence-corrected chi connectivity index (χ0v) is 16.7. The number of hydrogen-bond acceptors (Lipinski definition) is 4. The van der Waals surface area contributed by atoms with E-state index in [-0.39, 0.29) is 5.91 Å². The third-order valence-corrected chi connectivity index (χ3v) is 6.37. The molecule has 0 atom stereocenters. The summed E-state index contributed by atoms with van der Waals surface area (Å²) in [7, 11) is 0. The number of fused-ring (bicyclic) bond motifs is 1. The maximum absolute atomic E-state index is 13.3. The van der Waals surface area contributed by atoms with Gasteiger partial charge in [0.1, 0.15) is 5.75 Å². The highest BCUT2D eigenvalue weighted by molar-refractivity contribution is 7.22. The summed E-state index contributed by atoms with van der Waals surface area (Å²) >= 11 is 7.51. The van der Waals surface area contributed by atoms with Crippen LogP contribution in [0.5, 0.6) is 5.75 Å². The first-order chi connectivity index (χ1) is 13.1. The number of thiazole rings is 1. The normalized spacial score (nSPS) is 15.8. The molecular weight excluding hydrogens is 380 g/mol. The van der Waals surface area contributed by atoms with Gasteiger partial charge < -0.3 is 10.1 Å². The molecule has 0 bridgehead atoms. The van der Waals surface area contributed by atoms with Crippen LogP contribution in [0.1, 0.15) is 38.2 Å². The van der Waals surface area contributed by atoms with Gasteiger partial charge in [-0.05, 0) is 55.7 Å². The lowest BCUT2D eigenvalue weighted by Gasteiger charge is -2.27. The quantitative estimate of drug-likeness (QED) is 0.588. The van der Waals surface area contributed by atoms with Gasteiger partial charge in [0.15, 0.2) is 5.13 Å². The number of rotatable bonds is 5. The van der Waals surface area contributed by atoms with E-state index in [2.05, 4.69) is 10.3 Å². The maximum atomic E-state index is 13.3. The Labute approximate surface area is 167 Å². The number of amides is 1. The van der Waals surface area contributed by atoms with Crippen molar-refractivity contribution in [2.45, 2.75) is 38.0 Å². The fraction of sp³-hybridized carbons (Fsp3) is 0.333. The van der Waals surface area contributed by atoms with Gasteiger partial charge in [-0.15, -0.1) is 0 Å². The smallest absolute Gasteiger partial charge is 0.236 e. The monoisotopic (exact) mass is 400 g/mol. The van der Waals surface area contributed by atoms with Gasteiger partial charge in [-0.1, -0.05) is 47.9 Å². The molecule has 1 aliphatic carbocycles. The Morgan fingerprint density at radius 2 is 1.96 bits per heavy atom. The molecule has 1 amide bonds. The number of hydrogen-bond donors (Lipinski definition) is 1. The zero-order valence-electron chi connectivity index (χ0n) is 15.1. The van der Waals surface area contributed by atoms with Crippen molar-refractivity contribution in [3.05, 3.63) is 53.1 Å². The molecule has 1 heterocycles. The lowest BCUT2D eigenvalue weighted by Crippen LogP contribution is -2.37. The van der Waals surface area contributed by atoms with E-state index in [9.17, 15) is 4.79 Å². The first-order valence-electron chi connectivity index (χ1n) is 9.21. The van der Waals surface area contributed by atoms with Crippen molar-refractivity contribution in [2.24, 2.45) is 0 Å². The minimum Gasteiger partial charge on any atom is -0.494 e. The van der Waals surface area contributed by atoms with E-state index in [0.29, 0.717) is 16.8 Å². The van der Waals surface area contributed by atoms with Crippen LogP contribution in [-0.4, -0.2) is 17.5 Å². The second kappa shape index (κ2) is 7.49. The maximum Gasteiger partial charge on any atom is 0.236 e. The minimum absolute atomic E-state index is 0.0198. The Balaban J connectivity index is 1.61. The largest absolute Gasteiger partial charge is 0.494 e. The molecule has 1 aromatic heterocycles. The first-order valence-corrected chi connectivity index (χ1v) is 10.4. The van der Waals surface area contributed by atoms with Crippen molar-refractivity contribution in [3.8, 4) is 5.75 Å². The highest BCUT2D eigenvalue weighted by atomic mass is 35.5. The van der Waals surface area contributed by atoms with Crippen LogP contribution < -0.4 is 10.1 Å². The van der Waals surface area contributed by atoms with Crippen LogP contribution in [0.2, 0.25) is 5.02 Å². The summed E-state index contributed by atoms with van der Waals surface area (Å²) in [6.45, 7) is 2.58. The van der Waals surface area contributed by atoms with Crippen LogP contribution in [0, 0.1) is 0 Å². The van der Waals surface area contributed by atoms with Crippen LogP contribution in [0.4, 0.5) is 5.13 Å². The standard InChI is InChI=1S/C21H21ClN2O2S/c1-2-26-16-9-10-17-18(13-16)27-20(23-17)24-19(25)21(11-3-4-12-21)14-5-7-15(22)8-6-14/h5-10,13H,2-4,11-12H2,1H3,(H,23,24,25). The van der Waals surface area contributed by atoms with E-state index in [0.717, 1.165) is 47.2 Å². The summed E-state index contributed by atoms with van der Waals surface area (Å²) in [6.07, 6.45) is 3.79. The van der Waals surface area contributed by atoms with Crippen molar-refractivity contribution < 1.29 is 9.53 Å². The molecule has 27 heavy (non-hydrogen) atoms. The average Bonchev–Trinajstić information content (AvgIpc) is 3.29. The van der Waals surface area contributed by atoms with Gasteiger partial charge in [0.05, 0.1) is 22.2 Å². The van der Waals surface area contributed by atoms with Crippen LogP contribution >= 0.6 is 22.9 Å². The van der Waals surface area contributed by atoms with Gasteiger partial charge in [0, 0.05) is 5.02 Å². The van der Waals surface area contributed by atoms with Crippen molar-refractivity contribution in [2.75, 3.05) is 11.9 Å². The van der Waals surface area contributed by atoms with Crippen LogP contribution in [0.25, 0.3) is 10.2 Å². The summed E-state index contributed by atoms with van der Waals surface area (Å²) < 4.78 is 6.55. The first kappa shape index (κ1) is 18.3. The minimum atomic E-state index is -0.501. The van der Waals surface area contributed by atoms with E-state index in [1.165, 1.54) is 11.3 Å². The Morgan fingerprint density at radius 1 is 1.22 bits per heavy atom. The van der Waals surface area contributed by atoms with Crippen LogP contribution in [0.15, 0.2) is 42.5 Å². The molecule has 140 valence electrons. The van der Waals surface area contributed by atoms with Gasteiger partial charge in [-0.25, -0.2) is 4.98 Å². The number of carbonyl (C=O) groups is 1. The Morgan fingerprint density at radius 3 is 2.67 bits per heavy atom. The molecule has 0 radical (unpaired) electrons. The SMILES string of the molecule is CCOc1ccc2nc(NC(=O)C3(c4ccc(Cl)cc4)CCCC3)sc2c1. The molecule has 4 rings (SSSR count). The second-order valence-corrected chi connectivity index (χ2v) is 8.30. The van der Waals surface area contributed by atoms with Gasteiger partial charge in [-0.3, -0.25) is 4.79 Å². The van der Waals surface area contributed by atoms with Crippen molar-refractivity contribution in [3.63, 3.8) is 0 Å². The molecular formula is C21H21ClN2O2S. The summed E-state index contributed by atoms with van der Waals surface area (Å²) in [4.78, 5) is 17.8. The number of halogens is 1. The highest BCUT2D eigenvalue weighted by Crippen LogP contribution is 2.43. The molecule has 1 fully saturated rings. The Kier molecular flexibility index (Phi) is 5.06. The molecule has 0 saturated heterocycles. The third kappa shape index (κ3) is 3.54. The number of ether oxygens (including phenoxy) is 1. The van der Waals surface area contributed by atoms with E-state index in [4.69, 9.17) is 16.3 Å². The molecule has 0 unspecified atom stereocenters. The second-order valence-electron chi connectivity index (χ2n) is 6.83. The summed E-state index contributed by atoms with van der Waals surface area (Å²) in [5, 5.41) is 4.39. The summed E-state index contributed by atoms with van der Waals surface area (Å²) in [5.74, 6) is 0.839.